The van der Waals surface area contributed by atoms with Crippen molar-refractivity contribution in [2.24, 2.45) is 5.92 Å². The van der Waals surface area contributed by atoms with E-state index >= 15 is 0 Å². The van der Waals surface area contributed by atoms with Crippen LogP contribution in [0, 0.1) is 5.92 Å². The predicted molar refractivity (Wildman–Crippen MR) is 87.1 cm³/mol. The van der Waals surface area contributed by atoms with E-state index in [-0.39, 0.29) is 18.2 Å². The van der Waals surface area contributed by atoms with Crippen molar-refractivity contribution < 1.29 is 18.6 Å². The molecule has 3 aliphatic rings. The van der Waals surface area contributed by atoms with Crippen LogP contribution in [0.4, 0.5) is 0 Å². The molecule has 23 heavy (non-hydrogen) atoms. The topological polar surface area (TPSA) is 84.3 Å². The van der Waals surface area contributed by atoms with Crippen molar-refractivity contribution in [3.63, 3.8) is 0 Å². The highest BCUT2D eigenvalue weighted by atomic mass is 32.2. The van der Waals surface area contributed by atoms with Crippen molar-refractivity contribution in [3.05, 3.63) is 0 Å². The van der Waals surface area contributed by atoms with Gasteiger partial charge in [-0.15, -0.1) is 0 Å². The van der Waals surface area contributed by atoms with Crippen LogP contribution in [0.1, 0.15) is 32.1 Å². The molecule has 3 saturated heterocycles. The van der Waals surface area contributed by atoms with Crippen molar-refractivity contribution in [3.8, 4) is 0 Å². The quantitative estimate of drug-likeness (QED) is 0.714. The van der Waals surface area contributed by atoms with E-state index in [0.717, 1.165) is 45.2 Å². The molecule has 0 aromatic heterocycles. The second kappa shape index (κ2) is 6.93. The van der Waals surface area contributed by atoms with Crippen molar-refractivity contribution >= 4 is 10.0 Å². The maximum atomic E-state index is 11.7. The van der Waals surface area contributed by atoms with Gasteiger partial charge in [0.1, 0.15) is 0 Å². The van der Waals surface area contributed by atoms with E-state index in [0.29, 0.717) is 25.6 Å². The summed E-state index contributed by atoms with van der Waals surface area (Å²) in [5, 5.41) is 24.9. The van der Waals surface area contributed by atoms with Gasteiger partial charge in [0.15, 0.2) is 0 Å². The number of nitrogens with zero attached hydrogens (tertiary/aromatic N) is 3. The lowest BCUT2D eigenvalue weighted by Gasteiger charge is -2.48. The molecule has 0 aromatic rings. The van der Waals surface area contributed by atoms with Crippen molar-refractivity contribution in [1.29, 1.82) is 0 Å². The Morgan fingerprint density at radius 1 is 0.957 bits per heavy atom. The molecule has 7 nitrogen and oxygen atoms in total. The summed E-state index contributed by atoms with van der Waals surface area (Å²) in [6.07, 6.45) is 4.77. The second-order valence-corrected chi connectivity index (χ2v) is 9.20. The first kappa shape index (κ1) is 17.6. The Morgan fingerprint density at radius 3 is 2.22 bits per heavy atom. The number of rotatable bonds is 3. The van der Waals surface area contributed by atoms with Crippen LogP contribution in [0.3, 0.4) is 0 Å². The highest BCUT2D eigenvalue weighted by Crippen LogP contribution is 2.33. The average Bonchev–Trinajstić information content (AvgIpc) is 2.93. The number of aliphatic hydroxyl groups excluding tert-OH is 2. The molecule has 3 aliphatic heterocycles. The standard InChI is InChI=1S/C15H29N3O4S/c1-23(21,22)17-9-4-12(5-10-17)15-14(20)3-2-7-18(15)16-8-6-13(19)11-16/h12-15,19-20H,2-11H2,1H3. The van der Waals surface area contributed by atoms with E-state index in [1.807, 2.05) is 0 Å². The van der Waals surface area contributed by atoms with Gasteiger partial charge in [-0.25, -0.2) is 22.7 Å². The van der Waals surface area contributed by atoms with Gasteiger partial charge < -0.3 is 10.2 Å². The lowest BCUT2D eigenvalue weighted by molar-refractivity contribution is -0.135. The molecule has 0 amide bonds. The molecule has 0 aromatic carbocycles. The van der Waals surface area contributed by atoms with Gasteiger partial charge in [-0.3, -0.25) is 0 Å². The molecule has 3 fully saturated rings. The SMILES string of the molecule is CS(=O)(=O)N1CCC(C2C(O)CCCN2N2CCC(O)C2)CC1. The van der Waals surface area contributed by atoms with Crippen LogP contribution < -0.4 is 0 Å². The summed E-state index contributed by atoms with van der Waals surface area (Å²) in [5.74, 6) is 0.307. The summed E-state index contributed by atoms with van der Waals surface area (Å²) in [7, 11) is -3.12. The molecule has 0 spiro atoms. The van der Waals surface area contributed by atoms with Crippen LogP contribution in [0.5, 0.6) is 0 Å². The van der Waals surface area contributed by atoms with E-state index in [2.05, 4.69) is 10.0 Å². The van der Waals surface area contributed by atoms with Crippen molar-refractivity contribution in [2.45, 2.75) is 50.4 Å². The van der Waals surface area contributed by atoms with Gasteiger partial charge in [0.25, 0.3) is 0 Å². The summed E-state index contributed by atoms with van der Waals surface area (Å²) < 4.78 is 24.9. The first-order valence-electron chi connectivity index (χ1n) is 8.69. The van der Waals surface area contributed by atoms with Crippen LogP contribution in [0.15, 0.2) is 0 Å². The molecule has 3 atom stereocenters. The van der Waals surface area contributed by atoms with E-state index in [1.165, 1.54) is 6.26 Å². The van der Waals surface area contributed by atoms with Gasteiger partial charge in [0, 0.05) is 32.7 Å². The maximum Gasteiger partial charge on any atom is 0.211 e. The first-order valence-corrected chi connectivity index (χ1v) is 10.5. The number of piperidine rings is 2. The smallest absolute Gasteiger partial charge is 0.211 e. The molecule has 0 radical (unpaired) electrons. The number of hydrogen-bond donors (Lipinski definition) is 2. The maximum absolute atomic E-state index is 11.7. The third kappa shape index (κ3) is 3.88. The zero-order valence-electron chi connectivity index (χ0n) is 13.8. The lowest BCUT2D eigenvalue weighted by atomic mass is 9.83. The van der Waals surface area contributed by atoms with E-state index in [1.54, 1.807) is 4.31 Å². The highest BCUT2D eigenvalue weighted by Gasteiger charge is 2.42. The van der Waals surface area contributed by atoms with E-state index in [4.69, 9.17) is 0 Å². The first-order chi connectivity index (χ1) is 10.9. The van der Waals surface area contributed by atoms with Crippen LogP contribution in [0.2, 0.25) is 0 Å². The van der Waals surface area contributed by atoms with Gasteiger partial charge in [-0.05, 0) is 38.0 Å². The highest BCUT2D eigenvalue weighted by molar-refractivity contribution is 7.88. The Kier molecular flexibility index (Phi) is 5.30. The Bertz CT molecular complexity index is 507. The van der Waals surface area contributed by atoms with Crippen LogP contribution in [0.25, 0.3) is 0 Å². The minimum Gasteiger partial charge on any atom is -0.392 e. The largest absolute Gasteiger partial charge is 0.392 e. The molecule has 3 unspecified atom stereocenters. The van der Waals surface area contributed by atoms with Crippen molar-refractivity contribution in [2.75, 3.05) is 39.0 Å². The van der Waals surface area contributed by atoms with Gasteiger partial charge in [-0.1, -0.05) is 0 Å². The normalized spacial score (nSPS) is 36.6. The molecule has 0 aliphatic carbocycles. The average molecular weight is 347 g/mol. The Labute approximate surface area is 138 Å². The zero-order valence-corrected chi connectivity index (χ0v) is 14.7. The van der Waals surface area contributed by atoms with Crippen LogP contribution >= 0.6 is 0 Å². The Morgan fingerprint density at radius 2 is 1.65 bits per heavy atom. The molecule has 0 bridgehead atoms. The fourth-order valence-electron chi connectivity index (χ4n) is 4.37. The third-order valence-electron chi connectivity index (χ3n) is 5.58. The number of hydrazine groups is 1. The molecule has 3 rings (SSSR count). The van der Waals surface area contributed by atoms with E-state index in [9.17, 15) is 18.6 Å². The van der Waals surface area contributed by atoms with Gasteiger partial charge in [0.2, 0.25) is 10.0 Å². The summed E-state index contributed by atoms with van der Waals surface area (Å²) in [6, 6.07) is 0.0516. The predicted octanol–water partition coefficient (Wildman–Crippen LogP) is -0.535. The minimum absolute atomic E-state index is 0.0516. The summed E-state index contributed by atoms with van der Waals surface area (Å²) in [4.78, 5) is 0. The van der Waals surface area contributed by atoms with Gasteiger partial charge in [-0.2, -0.15) is 0 Å². The summed E-state index contributed by atoms with van der Waals surface area (Å²) >= 11 is 0. The zero-order chi connectivity index (χ0) is 16.6. The number of sulfonamides is 1. The molecule has 8 heteroatoms. The monoisotopic (exact) mass is 347 g/mol. The van der Waals surface area contributed by atoms with Crippen LogP contribution in [-0.2, 0) is 10.0 Å². The molecule has 2 N–H and O–H groups in total. The third-order valence-corrected chi connectivity index (χ3v) is 6.88. The minimum atomic E-state index is -3.12. The Balaban J connectivity index is 1.68. The number of hydrogen-bond acceptors (Lipinski definition) is 6. The summed E-state index contributed by atoms with van der Waals surface area (Å²) in [5.41, 5.74) is 0. The van der Waals surface area contributed by atoms with Crippen LogP contribution in [-0.4, -0.2) is 90.2 Å². The molecule has 3 heterocycles. The van der Waals surface area contributed by atoms with E-state index < -0.39 is 10.0 Å². The number of aliphatic hydroxyl groups is 2. The Hall–Kier alpha value is -0.250. The number of β-amino-alcohol motifs (C(OH)–C–C–N with tert-alkyl or cyclic N) is 1. The lowest BCUT2D eigenvalue weighted by Crippen LogP contribution is -2.60. The molecular weight excluding hydrogens is 318 g/mol. The molecule has 0 saturated carbocycles. The van der Waals surface area contributed by atoms with Gasteiger partial charge >= 0.3 is 0 Å². The van der Waals surface area contributed by atoms with Crippen molar-refractivity contribution in [1.82, 2.24) is 14.3 Å². The fraction of sp³-hybridized carbons (Fsp3) is 1.00. The second-order valence-electron chi connectivity index (χ2n) is 7.22. The van der Waals surface area contributed by atoms with Gasteiger partial charge in [0.05, 0.1) is 24.5 Å². The fourth-order valence-corrected chi connectivity index (χ4v) is 5.25. The molecular formula is C15H29N3O4S. The molecule has 134 valence electrons. The summed E-state index contributed by atoms with van der Waals surface area (Å²) in [6.45, 7) is 3.49.